The van der Waals surface area contributed by atoms with Crippen molar-refractivity contribution in [2.75, 3.05) is 23.3 Å². The fraction of sp³-hybridized carbons (Fsp3) is 0.238. The van der Waals surface area contributed by atoms with Gasteiger partial charge in [0.25, 0.3) is 0 Å². The molecule has 1 fully saturated rings. The van der Waals surface area contributed by atoms with Crippen molar-refractivity contribution in [2.24, 2.45) is 5.92 Å². The number of hydrogen-bond acceptors (Lipinski definition) is 5. The smallest absolute Gasteiger partial charge is 0.229 e. The number of amides is 1. The average Bonchev–Trinajstić information content (AvgIpc) is 3.46. The summed E-state index contributed by atoms with van der Waals surface area (Å²) in [7, 11) is 0. The minimum absolute atomic E-state index is 0.0340. The van der Waals surface area contributed by atoms with Gasteiger partial charge in [0.15, 0.2) is 0 Å². The Bertz CT molecular complexity index is 1130. The van der Waals surface area contributed by atoms with Crippen LogP contribution in [0.25, 0.3) is 16.7 Å². The van der Waals surface area contributed by atoms with E-state index in [4.69, 9.17) is 0 Å². The monoisotopic (exact) mass is 387 g/mol. The summed E-state index contributed by atoms with van der Waals surface area (Å²) >= 11 is 0. The van der Waals surface area contributed by atoms with E-state index < -0.39 is 0 Å². The topological polar surface area (TPSA) is 91.7 Å². The van der Waals surface area contributed by atoms with Crippen LogP contribution < -0.4 is 10.2 Å². The van der Waals surface area contributed by atoms with Crippen LogP contribution in [0.3, 0.4) is 0 Å². The summed E-state index contributed by atoms with van der Waals surface area (Å²) in [4.78, 5) is 27.0. The van der Waals surface area contributed by atoms with Crippen LogP contribution in [-0.4, -0.2) is 43.7 Å². The molecule has 8 nitrogen and oxygen atoms in total. The molecule has 0 aliphatic carbocycles. The van der Waals surface area contributed by atoms with E-state index in [-0.39, 0.29) is 11.8 Å². The molecular weight excluding hydrogens is 366 g/mol. The number of carbonyl (C=O) groups is 1. The molecule has 0 bridgehead atoms. The third kappa shape index (κ3) is 3.44. The van der Waals surface area contributed by atoms with Gasteiger partial charge in [-0.05, 0) is 43.2 Å². The van der Waals surface area contributed by atoms with E-state index in [1.807, 2.05) is 48.8 Å². The highest BCUT2D eigenvalue weighted by Gasteiger charge is 2.27. The Hall–Kier alpha value is -3.68. The zero-order valence-corrected chi connectivity index (χ0v) is 15.8. The Balaban J connectivity index is 1.32. The number of benzene rings is 1. The first-order valence-corrected chi connectivity index (χ1v) is 9.72. The van der Waals surface area contributed by atoms with Crippen molar-refractivity contribution >= 4 is 28.4 Å². The van der Waals surface area contributed by atoms with Crippen LogP contribution in [0.5, 0.6) is 0 Å². The molecule has 0 unspecified atom stereocenters. The molecule has 5 rings (SSSR count). The molecule has 146 valence electrons. The molecule has 0 saturated carbocycles. The number of H-pyrrole nitrogens is 1. The Morgan fingerprint density at radius 2 is 2.17 bits per heavy atom. The highest BCUT2D eigenvalue weighted by molar-refractivity contribution is 5.94. The number of fused-ring (bicyclic) bond motifs is 1. The second kappa shape index (κ2) is 7.38. The molecular formula is C21H21N7O. The standard InChI is InChI=1S/C21H21N7O/c29-21(26-16-5-1-6-17(12-16)28-11-3-8-25-28)15-4-2-10-27(13-15)20-18-7-9-22-19(18)23-14-24-20/h1,3,5-9,11-12,14-15H,2,4,10,13H2,(H,26,29)(H,22,23,24)/t15-/m0/s1. The number of rotatable bonds is 4. The van der Waals surface area contributed by atoms with Gasteiger partial charge >= 0.3 is 0 Å². The van der Waals surface area contributed by atoms with Crippen LogP contribution in [0.4, 0.5) is 11.5 Å². The minimum atomic E-state index is -0.0962. The van der Waals surface area contributed by atoms with E-state index in [9.17, 15) is 4.79 Å². The maximum absolute atomic E-state index is 13.0. The maximum atomic E-state index is 13.0. The minimum Gasteiger partial charge on any atom is -0.355 e. The van der Waals surface area contributed by atoms with Crippen LogP contribution in [0, 0.1) is 5.92 Å². The highest BCUT2D eigenvalue weighted by Crippen LogP contribution is 2.27. The van der Waals surface area contributed by atoms with Crippen molar-refractivity contribution in [1.82, 2.24) is 24.7 Å². The van der Waals surface area contributed by atoms with E-state index >= 15 is 0 Å². The largest absolute Gasteiger partial charge is 0.355 e. The third-order valence-corrected chi connectivity index (χ3v) is 5.31. The molecule has 0 radical (unpaired) electrons. The normalized spacial score (nSPS) is 16.8. The van der Waals surface area contributed by atoms with Crippen molar-refractivity contribution in [3.63, 3.8) is 0 Å². The van der Waals surface area contributed by atoms with Gasteiger partial charge in [-0.3, -0.25) is 4.79 Å². The lowest BCUT2D eigenvalue weighted by Crippen LogP contribution is -2.41. The number of nitrogens with zero attached hydrogens (tertiary/aromatic N) is 5. The molecule has 8 heteroatoms. The predicted molar refractivity (Wildman–Crippen MR) is 111 cm³/mol. The first kappa shape index (κ1) is 17.4. The maximum Gasteiger partial charge on any atom is 0.229 e. The quantitative estimate of drug-likeness (QED) is 0.562. The van der Waals surface area contributed by atoms with Crippen molar-refractivity contribution in [3.05, 3.63) is 61.3 Å². The van der Waals surface area contributed by atoms with Gasteiger partial charge in [0, 0.05) is 37.4 Å². The molecule has 1 saturated heterocycles. The summed E-state index contributed by atoms with van der Waals surface area (Å²) in [6, 6.07) is 11.6. The fourth-order valence-electron chi connectivity index (χ4n) is 3.89. The number of carbonyl (C=O) groups excluding carboxylic acids is 1. The molecule has 4 heterocycles. The van der Waals surface area contributed by atoms with Crippen molar-refractivity contribution in [3.8, 4) is 5.69 Å². The Labute approximate surface area is 167 Å². The van der Waals surface area contributed by atoms with Crippen LogP contribution in [0.2, 0.25) is 0 Å². The van der Waals surface area contributed by atoms with E-state index in [1.54, 1.807) is 17.2 Å². The number of piperidine rings is 1. The molecule has 2 N–H and O–H groups in total. The Morgan fingerprint density at radius 1 is 1.21 bits per heavy atom. The van der Waals surface area contributed by atoms with Crippen LogP contribution in [-0.2, 0) is 4.79 Å². The number of aromatic amines is 1. The van der Waals surface area contributed by atoms with Gasteiger partial charge in [-0.25, -0.2) is 14.6 Å². The molecule has 1 atom stereocenters. The second-order valence-electron chi connectivity index (χ2n) is 7.21. The van der Waals surface area contributed by atoms with Gasteiger partial charge < -0.3 is 15.2 Å². The summed E-state index contributed by atoms with van der Waals surface area (Å²) < 4.78 is 1.77. The van der Waals surface area contributed by atoms with E-state index in [0.29, 0.717) is 6.54 Å². The number of nitrogens with one attached hydrogen (secondary N) is 2. The van der Waals surface area contributed by atoms with Crippen LogP contribution in [0.15, 0.2) is 61.3 Å². The third-order valence-electron chi connectivity index (χ3n) is 5.31. The first-order valence-electron chi connectivity index (χ1n) is 9.72. The summed E-state index contributed by atoms with van der Waals surface area (Å²) in [5.41, 5.74) is 2.50. The number of anilines is 2. The van der Waals surface area contributed by atoms with E-state index in [0.717, 1.165) is 47.6 Å². The Morgan fingerprint density at radius 3 is 3.07 bits per heavy atom. The molecule has 4 aromatic rings. The predicted octanol–water partition coefficient (Wildman–Crippen LogP) is 3.00. The molecule has 3 aromatic heterocycles. The van der Waals surface area contributed by atoms with Crippen molar-refractivity contribution in [2.45, 2.75) is 12.8 Å². The summed E-state index contributed by atoms with van der Waals surface area (Å²) in [6.45, 7) is 1.53. The van der Waals surface area contributed by atoms with Gasteiger partial charge in [-0.1, -0.05) is 6.07 Å². The van der Waals surface area contributed by atoms with Crippen LogP contribution >= 0.6 is 0 Å². The molecule has 29 heavy (non-hydrogen) atoms. The number of aromatic nitrogens is 5. The molecule has 1 amide bonds. The summed E-state index contributed by atoms with van der Waals surface area (Å²) in [6.07, 6.45) is 8.85. The SMILES string of the molecule is O=C(Nc1cccc(-n2cccn2)c1)[C@H]1CCCN(c2ncnc3[nH]ccc23)C1. The first-order chi connectivity index (χ1) is 14.3. The Kier molecular flexibility index (Phi) is 4.44. The lowest BCUT2D eigenvalue weighted by Gasteiger charge is -2.33. The van der Waals surface area contributed by atoms with E-state index in [2.05, 4.69) is 30.3 Å². The van der Waals surface area contributed by atoms with Crippen LogP contribution in [0.1, 0.15) is 12.8 Å². The lowest BCUT2D eigenvalue weighted by molar-refractivity contribution is -0.120. The molecule has 1 aliphatic heterocycles. The zero-order chi connectivity index (χ0) is 19.6. The second-order valence-corrected chi connectivity index (χ2v) is 7.21. The summed E-state index contributed by atoms with van der Waals surface area (Å²) in [5, 5.41) is 8.30. The molecule has 1 aliphatic rings. The highest BCUT2D eigenvalue weighted by atomic mass is 16.1. The van der Waals surface area contributed by atoms with Gasteiger partial charge in [0.05, 0.1) is 17.0 Å². The number of hydrogen-bond donors (Lipinski definition) is 2. The zero-order valence-electron chi connectivity index (χ0n) is 15.8. The lowest BCUT2D eigenvalue weighted by atomic mass is 9.97. The molecule has 0 spiro atoms. The average molecular weight is 387 g/mol. The fourth-order valence-corrected chi connectivity index (χ4v) is 3.89. The van der Waals surface area contributed by atoms with Gasteiger partial charge in [-0.2, -0.15) is 5.10 Å². The summed E-state index contributed by atoms with van der Waals surface area (Å²) in [5.74, 6) is 0.821. The van der Waals surface area contributed by atoms with Gasteiger partial charge in [-0.15, -0.1) is 0 Å². The van der Waals surface area contributed by atoms with Crippen molar-refractivity contribution in [1.29, 1.82) is 0 Å². The van der Waals surface area contributed by atoms with Crippen molar-refractivity contribution < 1.29 is 4.79 Å². The molecule has 1 aromatic carbocycles. The van der Waals surface area contributed by atoms with Gasteiger partial charge in [0.2, 0.25) is 5.91 Å². The van der Waals surface area contributed by atoms with E-state index in [1.165, 1.54) is 0 Å². The van der Waals surface area contributed by atoms with Gasteiger partial charge in [0.1, 0.15) is 17.8 Å².